The maximum absolute atomic E-state index is 13.8. The van der Waals surface area contributed by atoms with E-state index in [4.69, 9.17) is 9.57 Å². The van der Waals surface area contributed by atoms with Gasteiger partial charge in [0.25, 0.3) is 5.56 Å². The predicted molar refractivity (Wildman–Crippen MR) is 155 cm³/mol. The second-order valence-corrected chi connectivity index (χ2v) is 9.74. The average molecular weight is 616 g/mol. The maximum Gasteiger partial charge on any atom is 0.416 e. The van der Waals surface area contributed by atoms with E-state index < -0.39 is 34.8 Å². The molecule has 4 aromatic rings. The van der Waals surface area contributed by atoms with Crippen LogP contribution in [0.2, 0.25) is 0 Å². The molecule has 0 N–H and O–H groups in total. The Hall–Kier alpha value is -5.90. The van der Waals surface area contributed by atoms with Crippen molar-refractivity contribution in [2.45, 2.75) is 20.0 Å². The summed E-state index contributed by atoms with van der Waals surface area (Å²) in [6.45, 7) is 3.16. The summed E-state index contributed by atoms with van der Waals surface area (Å²) in [6.07, 6.45) is 1.12. The van der Waals surface area contributed by atoms with Crippen molar-refractivity contribution in [3.05, 3.63) is 124 Å². The van der Waals surface area contributed by atoms with Crippen LogP contribution in [0.3, 0.4) is 0 Å². The number of benzene rings is 2. The van der Waals surface area contributed by atoms with E-state index in [9.17, 15) is 32.8 Å². The molecule has 0 spiro atoms. The number of alkyl halides is 3. The van der Waals surface area contributed by atoms with E-state index in [0.717, 1.165) is 27.8 Å². The zero-order valence-corrected chi connectivity index (χ0v) is 23.9. The van der Waals surface area contributed by atoms with Crippen LogP contribution in [0.5, 0.6) is 0 Å². The standard InChI is InChI=1S/C32H24F3N5O5/c1-3-44-30(42)22-6-5-15-38(19-22)45-31(43)27-17-26(28-13-14-37-40(28)24-11-9-21(18-36)10-12-24)20(2)39(29(27)41)25-8-4-7-23(16-25)32(33,34)35/h4-17H,3,19H2,1-2H3. The lowest BCUT2D eigenvalue weighted by Crippen LogP contribution is -2.33. The van der Waals surface area contributed by atoms with E-state index in [0.29, 0.717) is 22.5 Å². The fourth-order valence-corrected chi connectivity index (χ4v) is 4.73. The van der Waals surface area contributed by atoms with Crippen molar-refractivity contribution >= 4 is 11.9 Å². The highest BCUT2D eigenvalue weighted by Gasteiger charge is 2.31. The van der Waals surface area contributed by atoms with E-state index in [1.165, 1.54) is 48.3 Å². The molecule has 0 atom stereocenters. The van der Waals surface area contributed by atoms with Crippen molar-refractivity contribution in [3.63, 3.8) is 0 Å². The van der Waals surface area contributed by atoms with E-state index in [2.05, 4.69) is 5.10 Å². The number of carbonyl (C=O) groups excluding carboxylic acids is 2. The number of hydrogen-bond donors (Lipinski definition) is 0. The first-order valence-corrected chi connectivity index (χ1v) is 13.5. The predicted octanol–water partition coefficient (Wildman–Crippen LogP) is 5.28. The fraction of sp³-hybridized carbons (Fsp3) is 0.156. The van der Waals surface area contributed by atoms with Gasteiger partial charge in [0.1, 0.15) is 5.56 Å². The molecule has 0 amide bonds. The summed E-state index contributed by atoms with van der Waals surface area (Å²) in [5.41, 5.74) is -0.446. The number of ether oxygens (including phenoxy) is 1. The van der Waals surface area contributed by atoms with Gasteiger partial charge in [-0.05, 0) is 80.6 Å². The highest BCUT2D eigenvalue weighted by molar-refractivity contribution is 5.92. The lowest BCUT2D eigenvalue weighted by Gasteiger charge is -2.23. The third kappa shape index (κ3) is 6.25. The maximum atomic E-state index is 13.8. The second kappa shape index (κ2) is 12.4. The molecule has 0 unspecified atom stereocenters. The first-order chi connectivity index (χ1) is 21.5. The normalized spacial score (nSPS) is 12.8. The van der Waals surface area contributed by atoms with Crippen molar-refractivity contribution < 1.29 is 32.3 Å². The van der Waals surface area contributed by atoms with Crippen LogP contribution in [-0.4, -0.2) is 44.5 Å². The molecule has 228 valence electrons. The summed E-state index contributed by atoms with van der Waals surface area (Å²) in [7, 11) is 0. The number of nitrogens with zero attached hydrogens (tertiary/aromatic N) is 5. The molecule has 0 aliphatic carbocycles. The Bertz CT molecular complexity index is 1950. The zero-order chi connectivity index (χ0) is 32.3. The number of rotatable bonds is 7. The molecule has 0 radical (unpaired) electrons. The number of allylic oxidation sites excluding steroid dienone is 2. The highest BCUT2D eigenvalue weighted by atomic mass is 19.4. The number of hydroxylamine groups is 2. The van der Waals surface area contributed by atoms with Crippen molar-refractivity contribution in [2.24, 2.45) is 0 Å². The third-order valence-electron chi connectivity index (χ3n) is 6.87. The molecular weight excluding hydrogens is 591 g/mol. The van der Waals surface area contributed by atoms with Gasteiger partial charge in [-0.15, -0.1) is 0 Å². The Morgan fingerprint density at radius 3 is 2.49 bits per heavy atom. The van der Waals surface area contributed by atoms with Gasteiger partial charge in [-0.25, -0.2) is 19.3 Å². The largest absolute Gasteiger partial charge is 0.463 e. The minimum Gasteiger partial charge on any atom is -0.463 e. The summed E-state index contributed by atoms with van der Waals surface area (Å²) in [5.74, 6) is -1.72. The topological polar surface area (TPSA) is 119 Å². The summed E-state index contributed by atoms with van der Waals surface area (Å²) in [6, 6.07) is 15.6. The molecule has 2 aromatic heterocycles. The van der Waals surface area contributed by atoms with Gasteiger partial charge in [-0.3, -0.25) is 9.36 Å². The number of aromatic nitrogens is 3. The van der Waals surface area contributed by atoms with Gasteiger partial charge in [0.05, 0.1) is 53.5 Å². The lowest BCUT2D eigenvalue weighted by molar-refractivity contribution is -0.140. The number of pyridine rings is 1. The number of nitriles is 1. The number of esters is 1. The number of hydrogen-bond acceptors (Lipinski definition) is 8. The van der Waals surface area contributed by atoms with Gasteiger partial charge in [0.15, 0.2) is 0 Å². The van der Waals surface area contributed by atoms with E-state index in [1.54, 1.807) is 37.3 Å². The number of halogens is 3. The van der Waals surface area contributed by atoms with Crippen molar-refractivity contribution in [2.75, 3.05) is 13.2 Å². The Kier molecular flexibility index (Phi) is 8.40. The number of carbonyl (C=O) groups is 2. The summed E-state index contributed by atoms with van der Waals surface area (Å²) >= 11 is 0. The second-order valence-electron chi connectivity index (χ2n) is 9.74. The van der Waals surface area contributed by atoms with Gasteiger partial charge in [0.2, 0.25) is 0 Å². The fourth-order valence-electron chi connectivity index (χ4n) is 4.73. The van der Waals surface area contributed by atoms with Crippen LogP contribution in [0.4, 0.5) is 13.2 Å². The Morgan fingerprint density at radius 2 is 1.80 bits per heavy atom. The van der Waals surface area contributed by atoms with Gasteiger partial charge in [-0.1, -0.05) is 6.07 Å². The SMILES string of the molecule is CCOC(=O)C1=CC=CN(OC(=O)c2cc(-c3ccnn3-c3ccc(C#N)cc3)c(C)n(-c3cccc(C(F)(F)F)c3)c2=O)C1. The Labute approximate surface area is 254 Å². The molecule has 45 heavy (non-hydrogen) atoms. The monoisotopic (exact) mass is 615 g/mol. The Balaban J connectivity index is 1.63. The minimum atomic E-state index is -4.69. The smallest absolute Gasteiger partial charge is 0.416 e. The quantitative estimate of drug-likeness (QED) is 0.258. The molecule has 3 heterocycles. The molecule has 0 bridgehead atoms. The molecule has 2 aromatic carbocycles. The van der Waals surface area contributed by atoms with Crippen LogP contribution in [0.25, 0.3) is 22.6 Å². The van der Waals surface area contributed by atoms with Crippen LogP contribution >= 0.6 is 0 Å². The first kappa shape index (κ1) is 30.6. The van der Waals surface area contributed by atoms with E-state index in [-0.39, 0.29) is 30.1 Å². The highest BCUT2D eigenvalue weighted by Crippen LogP contribution is 2.32. The molecular formula is C32H24F3N5O5. The lowest BCUT2D eigenvalue weighted by atomic mass is 10.1. The van der Waals surface area contributed by atoms with E-state index >= 15 is 0 Å². The summed E-state index contributed by atoms with van der Waals surface area (Å²) in [5, 5.41) is 14.6. The van der Waals surface area contributed by atoms with Crippen LogP contribution in [0, 0.1) is 18.3 Å². The zero-order valence-electron chi connectivity index (χ0n) is 23.9. The molecule has 13 heteroatoms. The van der Waals surface area contributed by atoms with Gasteiger partial charge in [0, 0.05) is 23.1 Å². The van der Waals surface area contributed by atoms with Crippen molar-refractivity contribution in [1.82, 2.24) is 19.4 Å². The van der Waals surface area contributed by atoms with Crippen LogP contribution in [0.1, 0.15) is 34.1 Å². The summed E-state index contributed by atoms with van der Waals surface area (Å²) in [4.78, 5) is 45.0. The van der Waals surface area contributed by atoms with Gasteiger partial charge < -0.3 is 9.57 Å². The molecule has 10 nitrogen and oxygen atoms in total. The molecule has 0 saturated heterocycles. The van der Waals surface area contributed by atoms with Crippen molar-refractivity contribution in [3.8, 4) is 28.7 Å². The van der Waals surface area contributed by atoms with Crippen molar-refractivity contribution in [1.29, 1.82) is 5.26 Å². The van der Waals surface area contributed by atoms with Crippen LogP contribution < -0.4 is 5.56 Å². The van der Waals surface area contributed by atoms with E-state index in [1.807, 2.05) is 6.07 Å². The molecule has 0 fully saturated rings. The molecule has 1 aliphatic rings. The van der Waals surface area contributed by atoms with Gasteiger partial charge in [-0.2, -0.15) is 23.5 Å². The third-order valence-corrected chi connectivity index (χ3v) is 6.87. The molecule has 0 saturated carbocycles. The van der Waals surface area contributed by atoms with Crippen LogP contribution in [0.15, 0.2) is 95.6 Å². The first-order valence-electron chi connectivity index (χ1n) is 13.5. The van der Waals surface area contributed by atoms with Gasteiger partial charge >= 0.3 is 18.1 Å². The molecule has 5 rings (SSSR count). The van der Waals surface area contributed by atoms with Crippen LogP contribution in [-0.2, 0) is 20.5 Å². The molecule has 1 aliphatic heterocycles. The minimum absolute atomic E-state index is 0.127. The Morgan fingerprint density at radius 1 is 1.04 bits per heavy atom. The average Bonchev–Trinajstić information content (AvgIpc) is 3.51. The summed E-state index contributed by atoms with van der Waals surface area (Å²) < 4.78 is 48.4.